The number of hydrazone groups is 1. The Morgan fingerprint density at radius 1 is 1.35 bits per heavy atom. The number of carbonyl (C=O) groups is 1. The van der Waals surface area contributed by atoms with Crippen molar-refractivity contribution in [3.63, 3.8) is 0 Å². The fourth-order valence-electron chi connectivity index (χ4n) is 3.24. The normalized spacial score (nSPS) is 25.0. The van der Waals surface area contributed by atoms with Gasteiger partial charge in [-0.25, -0.2) is 5.43 Å². The first-order chi connectivity index (χ1) is 11.1. The van der Waals surface area contributed by atoms with Crippen molar-refractivity contribution < 1.29 is 9.53 Å². The maximum Gasteiger partial charge on any atom is 0.266 e. The summed E-state index contributed by atoms with van der Waals surface area (Å²) in [7, 11) is 0. The molecule has 0 spiro atoms. The molecule has 0 unspecified atom stereocenters. The topological polar surface area (TPSA) is 50.7 Å². The lowest BCUT2D eigenvalue weighted by Crippen LogP contribution is -2.36. The number of benzene rings is 1. The minimum Gasteiger partial charge on any atom is -0.368 e. The molecule has 1 saturated carbocycles. The van der Waals surface area contributed by atoms with E-state index >= 15 is 0 Å². The van der Waals surface area contributed by atoms with E-state index < -0.39 is 0 Å². The highest BCUT2D eigenvalue weighted by molar-refractivity contribution is 5.82. The summed E-state index contributed by atoms with van der Waals surface area (Å²) in [4.78, 5) is 11.9. The Labute approximate surface area is 139 Å². The van der Waals surface area contributed by atoms with Gasteiger partial charge in [-0.15, -0.1) is 0 Å². The van der Waals surface area contributed by atoms with Gasteiger partial charge in [0.1, 0.15) is 6.61 Å². The zero-order valence-corrected chi connectivity index (χ0v) is 14.4. The van der Waals surface area contributed by atoms with Gasteiger partial charge >= 0.3 is 0 Å². The molecule has 0 aromatic heterocycles. The molecule has 3 atom stereocenters. The lowest BCUT2D eigenvalue weighted by Gasteiger charge is -2.36. The molecular formula is C19H28N2O2. The van der Waals surface area contributed by atoms with Gasteiger partial charge < -0.3 is 4.74 Å². The van der Waals surface area contributed by atoms with E-state index in [-0.39, 0.29) is 18.6 Å². The maximum absolute atomic E-state index is 11.9. The van der Waals surface area contributed by atoms with Crippen LogP contribution in [0.3, 0.4) is 0 Å². The van der Waals surface area contributed by atoms with Crippen molar-refractivity contribution in [3.8, 4) is 0 Å². The Hall–Kier alpha value is -1.68. The lowest BCUT2D eigenvalue weighted by atomic mass is 9.75. The molecule has 0 heterocycles. The Morgan fingerprint density at radius 2 is 2.09 bits per heavy atom. The molecule has 1 aliphatic rings. The van der Waals surface area contributed by atoms with E-state index in [4.69, 9.17) is 4.74 Å². The Balaban J connectivity index is 1.77. The molecule has 23 heavy (non-hydrogen) atoms. The van der Waals surface area contributed by atoms with Crippen molar-refractivity contribution in [1.82, 2.24) is 5.43 Å². The number of nitrogens with one attached hydrogen (secondary N) is 1. The molecule has 1 aromatic rings. The summed E-state index contributed by atoms with van der Waals surface area (Å²) in [6, 6.07) is 9.68. The quantitative estimate of drug-likeness (QED) is 0.644. The van der Waals surface area contributed by atoms with Crippen molar-refractivity contribution in [2.75, 3.05) is 6.61 Å². The van der Waals surface area contributed by atoms with Crippen LogP contribution >= 0.6 is 0 Å². The van der Waals surface area contributed by atoms with Gasteiger partial charge in [0.2, 0.25) is 0 Å². The Morgan fingerprint density at radius 3 is 2.78 bits per heavy atom. The average Bonchev–Trinajstić information content (AvgIpc) is 2.53. The number of hydrogen-bond donors (Lipinski definition) is 1. The Bertz CT molecular complexity index is 513. The van der Waals surface area contributed by atoms with Crippen LogP contribution in [-0.4, -0.2) is 24.8 Å². The second kappa shape index (κ2) is 8.82. The molecule has 126 valence electrons. The van der Waals surface area contributed by atoms with Crippen molar-refractivity contribution in [1.29, 1.82) is 0 Å². The predicted octanol–water partition coefficient (Wildman–Crippen LogP) is 3.61. The molecule has 1 amide bonds. The number of hydrogen-bond acceptors (Lipinski definition) is 3. The van der Waals surface area contributed by atoms with Gasteiger partial charge in [-0.05, 0) is 36.2 Å². The number of nitrogens with zero attached hydrogens (tertiary/aromatic N) is 1. The summed E-state index contributed by atoms with van der Waals surface area (Å²) in [5.41, 5.74) is 3.48. The number of ether oxygens (including phenoxy) is 1. The predicted molar refractivity (Wildman–Crippen MR) is 93.3 cm³/mol. The van der Waals surface area contributed by atoms with Gasteiger partial charge in [0.25, 0.3) is 5.91 Å². The smallest absolute Gasteiger partial charge is 0.266 e. The van der Waals surface area contributed by atoms with E-state index in [0.717, 1.165) is 12.0 Å². The van der Waals surface area contributed by atoms with E-state index in [1.54, 1.807) is 6.21 Å². The molecule has 4 heteroatoms. The van der Waals surface area contributed by atoms with E-state index in [1.807, 2.05) is 30.3 Å². The fraction of sp³-hybridized carbons (Fsp3) is 0.579. The standard InChI is InChI=1S/C19H28N2O2/c1-14(2)17-10-9-15(3)11-18(17)23-13-19(22)21-20-12-16-7-5-4-6-8-16/h4-8,12,14-15,17-18H,9-11,13H2,1-3H3,(H,21,22)/t15-,17-,18-/m1/s1. The van der Waals surface area contributed by atoms with Crippen molar-refractivity contribution >= 4 is 12.1 Å². The molecule has 0 radical (unpaired) electrons. The minimum atomic E-state index is -0.196. The highest BCUT2D eigenvalue weighted by atomic mass is 16.5. The van der Waals surface area contributed by atoms with Gasteiger partial charge in [0.05, 0.1) is 12.3 Å². The third kappa shape index (κ3) is 5.79. The third-order valence-electron chi connectivity index (χ3n) is 4.59. The van der Waals surface area contributed by atoms with Gasteiger partial charge in [0.15, 0.2) is 0 Å². The summed E-state index contributed by atoms with van der Waals surface area (Å²) < 4.78 is 5.91. The summed E-state index contributed by atoms with van der Waals surface area (Å²) in [5.74, 6) is 1.62. The second-order valence-corrected chi connectivity index (χ2v) is 6.88. The molecule has 0 bridgehead atoms. The Kier molecular flexibility index (Phi) is 6.78. The first-order valence-corrected chi connectivity index (χ1v) is 8.54. The molecule has 1 aliphatic carbocycles. The van der Waals surface area contributed by atoms with E-state index in [0.29, 0.717) is 17.8 Å². The first-order valence-electron chi connectivity index (χ1n) is 8.54. The SMILES string of the molecule is CC(C)[C@H]1CC[C@@H](C)C[C@H]1OCC(=O)NN=Cc1ccccc1. The van der Waals surface area contributed by atoms with Crippen LogP contribution in [0, 0.1) is 17.8 Å². The summed E-state index contributed by atoms with van der Waals surface area (Å²) >= 11 is 0. The molecule has 1 N–H and O–H groups in total. The number of amides is 1. The van der Waals surface area contributed by atoms with E-state index in [1.165, 1.54) is 12.8 Å². The highest BCUT2D eigenvalue weighted by Crippen LogP contribution is 2.35. The molecule has 4 nitrogen and oxygen atoms in total. The number of carbonyl (C=O) groups excluding carboxylic acids is 1. The van der Waals surface area contributed by atoms with Crippen LogP contribution in [0.4, 0.5) is 0 Å². The number of rotatable bonds is 6. The maximum atomic E-state index is 11.9. The summed E-state index contributed by atoms with van der Waals surface area (Å²) in [6.07, 6.45) is 5.32. The average molecular weight is 316 g/mol. The van der Waals surface area contributed by atoms with Crippen molar-refractivity contribution in [2.45, 2.75) is 46.1 Å². The highest BCUT2D eigenvalue weighted by Gasteiger charge is 2.31. The van der Waals surface area contributed by atoms with E-state index in [2.05, 4.69) is 31.3 Å². The van der Waals surface area contributed by atoms with Crippen LogP contribution < -0.4 is 5.43 Å². The molecule has 0 saturated heterocycles. The van der Waals surface area contributed by atoms with Gasteiger partial charge in [-0.3, -0.25) is 4.79 Å². The first kappa shape index (κ1) is 17.7. The fourth-order valence-corrected chi connectivity index (χ4v) is 3.24. The minimum absolute atomic E-state index is 0.0761. The zero-order chi connectivity index (χ0) is 16.7. The largest absolute Gasteiger partial charge is 0.368 e. The molecular weight excluding hydrogens is 288 g/mol. The van der Waals surface area contributed by atoms with Crippen LogP contribution in [0.5, 0.6) is 0 Å². The van der Waals surface area contributed by atoms with Crippen LogP contribution in [0.15, 0.2) is 35.4 Å². The van der Waals surface area contributed by atoms with Crippen LogP contribution in [0.25, 0.3) is 0 Å². The third-order valence-corrected chi connectivity index (χ3v) is 4.59. The summed E-state index contributed by atoms with van der Waals surface area (Å²) in [6.45, 7) is 6.81. The molecule has 1 aromatic carbocycles. The summed E-state index contributed by atoms with van der Waals surface area (Å²) in [5, 5.41) is 3.97. The molecule has 2 rings (SSSR count). The second-order valence-electron chi connectivity index (χ2n) is 6.88. The zero-order valence-electron chi connectivity index (χ0n) is 14.4. The van der Waals surface area contributed by atoms with E-state index in [9.17, 15) is 4.79 Å². The van der Waals surface area contributed by atoms with Crippen LogP contribution in [0.2, 0.25) is 0 Å². The lowest BCUT2D eigenvalue weighted by molar-refractivity contribution is -0.131. The monoisotopic (exact) mass is 316 g/mol. The van der Waals surface area contributed by atoms with Crippen LogP contribution in [0.1, 0.15) is 45.6 Å². The molecule has 1 fully saturated rings. The van der Waals surface area contributed by atoms with Gasteiger partial charge in [-0.1, -0.05) is 57.5 Å². The van der Waals surface area contributed by atoms with Crippen molar-refractivity contribution in [3.05, 3.63) is 35.9 Å². The molecule has 0 aliphatic heterocycles. The van der Waals surface area contributed by atoms with Gasteiger partial charge in [0, 0.05) is 0 Å². The van der Waals surface area contributed by atoms with Gasteiger partial charge in [-0.2, -0.15) is 5.10 Å². The van der Waals surface area contributed by atoms with Crippen LogP contribution in [-0.2, 0) is 9.53 Å². The van der Waals surface area contributed by atoms with Crippen molar-refractivity contribution in [2.24, 2.45) is 22.9 Å².